The summed E-state index contributed by atoms with van der Waals surface area (Å²) in [5.74, 6) is -0.313. The van der Waals surface area contributed by atoms with Gasteiger partial charge >= 0.3 is 0 Å². The second kappa shape index (κ2) is 10.3. The Balaban J connectivity index is 0.00000264. The zero-order valence-corrected chi connectivity index (χ0v) is 15.1. The highest BCUT2D eigenvalue weighted by Gasteiger charge is 2.15. The van der Waals surface area contributed by atoms with E-state index in [4.69, 9.17) is 0 Å². The molecule has 1 aromatic carbocycles. The number of carbonyl (C=O) groups is 1. The minimum absolute atomic E-state index is 0. The van der Waals surface area contributed by atoms with Crippen LogP contribution in [0.5, 0.6) is 0 Å². The van der Waals surface area contributed by atoms with Crippen molar-refractivity contribution in [1.82, 2.24) is 0 Å². The predicted octanol–water partition coefficient (Wildman–Crippen LogP) is 1.12. The first-order chi connectivity index (χ1) is 10.7. The largest absolute Gasteiger partial charge is 1.00 e. The van der Waals surface area contributed by atoms with Crippen molar-refractivity contribution in [1.29, 1.82) is 0 Å². The first-order valence-corrected chi connectivity index (χ1v) is 7.97. The molecular weight excluding hydrogens is 357 g/mol. The van der Waals surface area contributed by atoms with Crippen LogP contribution in [0.3, 0.4) is 0 Å². The molecule has 23 heavy (non-hydrogen) atoms. The molecule has 4 heteroatoms. The summed E-state index contributed by atoms with van der Waals surface area (Å²) >= 11 is 0. The number of ketones is 1. The maximum absolute atomic E-state index is 12.9. The number of hydrogen-bond donors (Lipinski definition) is 0. The Morgan fingerprint density at radius 1 is 1.04 bits per heavy atom. The quantitative estimate of drug-likeness (QED) is 0.382. The van der Waals surface area contributed by atoms with Gasteiger partial charge in [0.2, 0.25) is 12.3 Å². The van der Waals surface area contributed by atoms with Gasteiger partial charge in [-0.1, -0.05) is 32.3 Å². The van der Waals surface area contributed by atoms with Gasteiger partial charge < -0.3 is 17.0 Å². The molecule has 1 heterocycles. The molecule has 0 atom stereocenters. The molecule has 0 aliphatic heterocycles. The Labute approximate surface area is 148 Å². The predicted molar refractivity (Wildman–Crippen MR) is 85.2 cm³/mol. The number of Topliss-reactive ketones (excluding diaryl/α,β-unsaturated/α-hetero) is 1. The summed E-state index contributed by atoms with van der Waals surface area (Å²) in [6.07, 6.45) is 7.76. The van der Waals surface area contributed by atoms with Gasteiger partial charge in [-0.25, -0.2) is 4.39 Å². The van der Waals surface area contributed by atoms with Crippen molar-refractivity contribution in [2.24, 2.45) is 0 Å². The molecule has 0 bridgehead atoms. The second-order valence-electron chi connectivity index (χ2n) is 5.56. The zero-order chi connectivity index (χ0) is 15.8. The standard InChI is InChI=1S/C19H23FNO.BrH/c1-2-3-4-5-8-18-9-6-7-14-21(18)15-19(22)16-10-12-17(20)13-11-16;/h6-7,9-14H,2-5,8,15H2,1H3;1H/q+1;/p-1. The molecule has 0 aliphatic carbocycles. The average Bonchev–Trinajstić information content (AvgIpc) is 2.53. The number of unbranched alkanes of at least 4 members (excludes halogenated alkanes) is 3. The van der Waals surface area contributed by atoms with Crippen molar-refractivity contribution in [2.45, 2.75) is 45.6 Å². The molecule has 0 saturated heterocycles. The number of rotatable bonds is 8. The van der Waals surface area contributed by atoms with Crippen molar-refractivity contribution in [2.75, 3.05) is 0 Å². The van der Waals surface area contributed by atoms with E-state index in [1.54, 1.807) is 12.1 Å². The van der Waals surface area contributed by atoms with Crippen LogP contribution in [0.2, 0.25) is 0 Å². The number of aryl methyl sites for hydroxylation is 1. The van der Waals surface area contributed by atoms with E-state index in [0.717, 1.165) is 12.8 Å². The van der Waals surface area contributed by atoms with Gasteiger partial charge in [-0.3, -0.25) is 4.79 Å². The van der Waals surface area contributed by atoms with Crippen LogP contribution in [0.1, 0.15) is 48.7 Å². The smallest absolute Gasteiger partial charge is 0.227 e. The molecular formula is C19H23BrFNO. The first kappa shape index (κ1) is 19.5. The van der Waals surface area contributed by atoms with Gasteiger partial charge in [0.1, 0.15) is 5.82 Å². The number of pyridine rings is 1. The molecule has 2 rings (SSSR count). The molecule has 0 aliphatic rings. The zero-order valence-electron chi connectivity index (χ0n) is 13.5. The van der Waals surface area contributed by atoms with Crippen LogP contribution in [-0.4, -0.2) is 5.78 Å². The van der Waals surface area contributed by atoms with Crippen molar-refractivity contribution < 1.29 is 30.7 Å². The minimum atomic E-state index is -0.319. The van der Waals surface area contributed by atoms with Crippen LogP contribution >= 0.6 is 0 Å². The van der Waals surface area contributed by atoms with Crippen molar-refractivity contribution in [3.8, 4) is 0 Å². The third-order valence-corrected chi connectivity index (χ3v) is 3.80. The Hall–Kier alpha value is -1.55. The van der Waals surface area contributed by atoms with Gasteiger partial charge in [0.15, 0.2) is 11.9 Å². The SMILES string of the molecule is CCCCCCc1cccc[n+]1CC(=O)c1ccc(F)cc1.[Br-]. The van der Waals surface area contributed by atoms with E-state index in [1.165, 1.54) is 37.1 Å². The van der Waals surface area contributed by atoms with Crippen LogP contribution < -0.4 is 21.5 Å². The van der Waals surface area contributed by atoms with E-state index in [1.807, 2.05) is 22.9 Å². The molecule has 124 valence electrons. The lowest BCUT2D eigenvalue weighted by atomic mass is 10.1. The first-order valence-electron chi connectivity index (χ1n) is 7.97. The molecule has 0 saturated carbocycles. The second-order valence-corrected chi connectivity index (χ2v) is 5.56. The van der Waals surface area contributed by atoms with E-state index in [-0.39, 0.29) is 28.6 Å². The van der Waals surface area contributed by atoms with Gasteiger partial charge in [-0.15, -0.1) is 0 Å². The maximum Gasteiger partial charge on any atom is 0.227 e. The van der Waals surface area contributed by atoms with Gasteiger partial charge in [0.05, 0.1) is 0 Å². The average molecular weight is 380 g/mol. The number of carbonyl (C=O) groups excluding carboxylic acids is 1. The molecule has 0 spiro atoms. The Morgan fingerprint density at radius 3 is 2.48 bits per heavy atom. The number of halogens is 2. The van der Waals surface area contributed by atoms with Crippen LogP contribution in [0.15, 0.2) is 48.7 Å². The summed E-state index contributed by atoms with van der Waals surface area (Å²) in [6, 6.07) is 11.8. The molecule has 0 amide bonds. The van der Waals surface area contributed by atoms with Gasteiger partial charge in [0.25, 0.3) is 0 Å². The van der Waals surface area contributed by atoms with Crippen LogP contribution in [0.25, 0.3) is 0 Å². The molecule has 2 nitrogen and oxygen atoms in total. The van der Waals surface area contributed by atoms with E-state index in [0.29, 0.717) is 12.1 Å². The minimum Gasteiger partial charge on any atom is -1.00 e. The number of hydrogen-bond acceptors (Lipinski definition) is 1. The highest BCUT2D eigenvalue weighted by atomic mass is 79.9. The lowest BCUT2D eigenvalue weighted by Crippen LogP contribution is -3.00. The molecule has 0 N–H and O–H groups in total. The lowest BCUT2D eigenvalue weighted by molar-refractivity contribution is -0.690. The van der Waals surface area contributed by atoms with Crippen LogP contribution in [0, 0.1) is 5.82 Å². The van der Waals surface area contributed by atoms with Crippen molar-refractivity contribution in [3.05, 3.63) is 65.7 Å². The van der Waals surface area contributed by atoms with Gasteiger partial charge in [-0.05, 0) is 30.7 Å². The summed E-state index contributed by atoms with van der Waals surface area (Å²) in [5.41, 5.74) is 1.73. The van der Waals surface area contributed by atoms with Gasteiger partial charge in [-0.2, -0.15) is 4.57 Å². The summed E-state index contributed by atoms with van der Waals surface area (Å²) < 4.78 is 14.9. The summed E-state index contributed by atoms with van der Waals surface area (Å²) in [6.45, 7) is 2.50. The van der Waals surface area contributed by atoms with Crippen molar-refractivity contribution >= 4 is 5.78 Å². The molecule has 0 unspecified atom stereocenters. The summed E-state index contributed by atoms with van der Waals surface area (Å²) in [5, 5.41) is 0. The molecule has 0 fully saturated rings. The Morgan fingerprint density at radius 2 is 1.78 bits per heavy atom. The highest BCUT2D eigenvalue weighted by Crippen LogP contribution is 2.06. The Kier molecular flexibility index (Phi) is 8.70. The number of benzene rings is 1. The van der Waals surface area contributed by atoms with E-state index in [2.05, 4.69) is 13.0 Å². The molecule has 1 aromatic heterocycles. The fourth-order valence-corrected chi connectivity index (χ4v) is 2.51. The normalized spacial score (nSPS) is 10.2. The Bertz CT molecular complexity index is 613. The highest BCUT2D eigenvalue weighted by molar-refractivity contribution is 5.94. The molecule has 2 aromatic rings. The van der Waals surface area contributed by atoms with E-state index in [9.17, 15) is 9.18 Å². The third kappa shape index (κ3) is 6.22. The number of nitrogens with zero attached hydrogens (tertiary/aromatic N) is 1. The number of aromatic nitrogens is 1. The van der Waals surface area contributed by atoms with Crippen LogP contribution in [0.4, 0.5) is 4.39 Å². The topological polar surface area (TPSA) is 20.9 Å². The fourth-order valence-electron chi connectivity index (χ4n) is 2.51. The monoisotopic (exact) mass is 379 g/mol. The van der Waals surface area contributed by atoms with Gasteiger partial charge in [0, 0.05) is 24.1 Å². The van der Waals surface area contributed by atoms with Crippen molar-refractivity contribution in [3.63, 3.8) is 0 Å². The summed E-state index contributed by atoms with van der Waals surface area (Å²) in [7, 11) is 0. The van der Waals surface area contributed by atoms with E-state index >= 15 is 0 Å². The fraction of sp³-hybridized carbons (Fsp3) is 0.368. The lowest BCUT2D eigenvalue weighted by Gasteiger charge is -2.04. The summed E-state index contributed by atoms with van der Waals surface area (Å²) in [4.78, 5) is 12.3. The maximum atomic E-state index is 12.9. The molecule has 0 radical (unpaired) electrons. The van der Waals surface area contributed by atoms with E-state index < -0.39 is 0 Å². The third-order valence-electron chi connectivity index (χ3n) is 3.80. The van der Waals surface area contributed by atoms with Crippen LogP contribution in [-0.2, 0) is 13.0 Å².